The molecular formula is C42H60O14. The summed E-state index contributed by atoms with van der Waals surface area (Å²) in [6.07, 6.45) is -3.26. The van der Waals surface area contributed by atoms with Crippen LogP contribution in [0.3, 0.4) is 0 Å². The molecule has 0 radical (unpaired) electrons. The summed E-state index contributed by atoms with van der Waals surface area (Å²) in [6, 6.07) is 8.93. The Morgan fingerprint density at radius 3 is 2.32 bits per heavy atom. The summed E-state index contributed by atoms with van der Waals surface area (Å²) in [5.41, 5.74) is 0.879. The van der Waals surface area contributed by atoms with Crippen molar-refractivity contribution >= 4 is 29.8 Å². The molecule has 3 heterocycles. The maximum absolute atomic E-state index is 13.3. The molecule has 1 aromatic rings. The molecule has 0 saturated carbocycles. The predicted molar refractivity (Wildman–Crippen MR) is 202 cm³/mol. The van der Waals surface area contributed by atoms with Crippen molar-refractivity contribution in [2.24, 2.45) is 0 Å². The van der Waals surface area contributed by atoms with Gasteiger partial charge in [-0.25, -0.2) is 9.59 Å². The zero-order valence-electron chi connectivity index (χ0n) is 33.0. The summed E-state index contributed by atoms with van der Waals surface area (Å²) in [6.45, 7) is 6.27. The van der Waals surface area contributed by atoms with Gasteiger partial charge in [-0.3, -0.25) is 9.59 Å². The maximum Gasteiger partial charge on any atom is 0.333 e. The van der Waals surface area contributed by atoms with Gasteiger partial charge in [0.1, 0.15) is 42.9 Å². The van der Waals surface area contributed by atoms with E-state index in [0.717, 1.165) is 44.6 Å². The number of rotatable bonds is 9. The smallest absolute Gasteiger partial charge is 0.333 e. The Labute approximate surface area is 329 Å². The van der Waals surface area contributed by atoms with Crippen molar-refractivity contribution in [3.63, 3.8) is 0 Å². The molecule has 3 aliphatic heterocycles. The molecule has 0 aromatic heterocycles. The molecule has 1 aromatic carbocycles. The van der Waals surface area contributed by atoms with Gasteiger partial charge in [-0.05, 0) is 51.7 Å². The minimum Gasteiger partial charge on any atom is -0.463 e. The monoisotopic (exact) mass is 788 g/mol. The van der Waals surface area contributed by atoms with Crippen molar-refractivity contribution in [3.05, 3.63) is 53.6 Å². The minimum absolute atomic E-state index is 0.00992. The molecule has 4 rings (SSSR count). The van der Waals surface area contributed by atoms with E-state index in [9.17, 15) is 34.5 Å². The fourth-order valence-corrected chi connectivity index (χ4v) is 6.80. The van der Waals surface area contributed by atoms with Gasteiger partial charge in [0.2, 0.25) is 0 Å². The summed E-state index contributed by atoms with van der Waals surface area (Å²) >= 11 is 0. The van der Waals surface area contributed by atoms with E-state index in [0.29, 0.717) is 31.2 Å². The first-order chi connectivity index (χ1) is 26.9. The summed E-state index contributed by atoms with van der Waals surface area (Å²) in [7, 11) is 0. The molecule has 312 valence electrons. The number of carbonyl (C=O) groups excluding carboxylic acids is 4. The molecule has 3 N–H and O–H groups in total. The first kappa shape index (κ1) is 45.2. The second kappa shape index (κ2) is 23.0. The van der Waals surface area contributed by atoms with Gasteiger partial charge in [0.05, 0.1) is 18.6 Å². The van der Waals surface area contributed by atoms with Crippen LogP contribution in [0.4, 0.5) is 0 Å². The highest BCUT2D eigenvalue weighted by molar-refractivity contribution is 5.88. The van der Waals surface area contributed by atoms with E-state index in [4.69, 9.17) is 33.2 Å². The first-order valence-corrected chi connectivity index (χ1v) is 20.0. The Kier molecular flexibility index (Phi) is 18.6. The zero-order chi connectivity index (χ0) is 40.6. The van der Waals surface area contributed by atoms with Gasteiger partial charge in [-0.2, -0.15) is 0 Å². The van der Waals surface area contributed by atoms with Crippen LogP contribution in [0.1, 0.15) is 110 Å². The summed E-state index contributed by atoms with van der Waals surface area (Å²) in [5, 5.41) is 34.1. The first-order valence-electron chi connectivity index (χ1n) is 20.0. The van der Waals surface area contributed by atoms with E-state index in [1.807, 2.05) is 6.07 Å². The third-order valence-corrected chi connectivity index (χ3v) is 10.4. The third-order valence-electron chi connectivity index (χ3n) is 10.4. The number of esters is 3. The molecule has 14 heteroatoms. The Bertz CT molecular complexity index is 1460. The quantitative estimate of drug-likeness (QED) is 0.136. The van der Waals surface area contributed by atoms with Crippen molar-refractivity contribution in [3.8, 4) is 0 Å². The van der Waals surface area contributed by atoms with Crippen LogP contribution < -0.4 is 0 Å². The summed E-state index contributed by atoms with van der Waals surface area (Å²) < 4.78 is 42.2. The largest absolute Gasteiger partial charge is 0.463 e. The number of ether oxygens (including phenoxy) is 7. The molecule has 56 heavy (non-hydrogen) atoms. The second-order valence-corrected chi connectivity index (χ2v) is 14.7. The lowest BCUT2D eigenvalue weighted by Crippen LogP contribution is -2.65. The van der Waals surface area contributed by atoms with Crippen LogP contribution in [-0.4, -0.2) is 113 Å². The van der Waals surface area contributed by atoms with E-state index in [2.05, 4.69) is 6.92 Å². The zero-order valence-corrected chi connectivity index (χ0v) is 33.0. The number of allylic oxidation sites excluding steroid dienone is 1. The third kappa shape index (κ3) is 13.6. The van der Waals surface area contributed by atoms with Crippen LogP contribution >= 0.6 is 0 Å². The number of hydrogen-bond donors (Lipinski definition) is 3. The number of carbonyl (C=O) groups is 4. The Morgan fingerprint density at radius 1 is 0.839 bits per heavy atom. The number of aliphatic hydroxyl groups excluding tert-OH is 3. The van der Waals surface area contributed by atoms with Gasteiger partial charge in [0.25, 0.3) is 0 Å². The normalized spacial score (nSPS) is 33.2. The van der Waals surface area contributed by atoms with E-state index < -0.39 is 85.9 Å². The molecule has 2 bridgehead atoms. The average Bonchev–Trinajstić information content (AvgIpc) is 3.19. The van der Waals surface area contributed by atoms with Crippen molar-refractivity contribution < 1.29 is 67.7 Å². The fraction of sp³-hybridized carbons (Fsp3) is 0.667. The van der Waals surface area contributed by atoms with E-state index in [1.165, 1.54) is 19.1 Å². The van der Waals surface area contributed by atoms with Gasteiger partial charge in [-0.1, -0.05) is 81.9 Å². The lowest BCUT2D eigenvalue weighted by atomic mass is 9.96. The van der Waals surface area contributed by atoms with Gasteiger partial charge in [-0.15, -0.1) is 0 Å². The van der Waals surface area contributed by atoms with Gasteiger partial charge < -0.3 is 48.5 Å². The fourth-order valence-electron chi connectivity index (χ4n) is 6.80. The number of unbranched alkanes of at least 4 members (excludes halogenated alkanes) is 2. The Morgan fingerprint density at radius 2 is 1.59 bits per heavy atom. The lowest BCUT2D eigenvalue weighted by Gasteiger charge is -2.47. The van der Waals surface area contributed by atoms with Crippen LogP contribution in [0.25, 0.3) is 6.08 Å². The number of fused-ring (bicyclic) bond motifs is 3. The lowest BCUT2D eigenvalue weighted by molar-refractivity contribution is -0.369. The van der Waals surface area contributed by atoms with Crippen molar-refractivity contribution in [1.29, 1.82) is 0 Å². The van der Waals surface area contributed by atoms with Crippen molar-refractivity contribution in [1.82, 2.24) is 0 Å². The van der Waals surface area contributed by atoms with E-state index >= 15 is 0 Å². The van der Waals surface area contributed by atoms with Crippen LogP contribution in [0, 0.1) is 0 Å². The van der Waals surface area contributed by atoms with Gasteiger partial charge in [0.15, 0.2) is 24.8 Å². The number of ketones is 1. The number of Topliss-reactive ketones (excluding diaryl/α,β-unsaturated/α-hetero) is 1. The number of cyclic esters (lactones) is 1. The maximum atomic E-state index is 13.3. The van der Waals surface area contributed by atoms with E-state index in [1.54, 1.807) is 38.1 Å². The van der Waals surface area contributed by atoms with E-state index in [-0.39, 0.29) is 30.3 Å². The second-order valence-electron chi connectivity index (χ2n) is 14.7. The highest BCUT2D eigenvalue weighted by Gasteiger charge is 2.54. The molecule has 3 aliphatic rings. The number of benzene rings is 1. The molecule has 0 unspecified atom stereocenters. The van der Waals surface area contributed by atoms with Gasteiger partial charge >= 0.3 is 17.9 Å². The standard InChI is InChI=1S/C42H60O14/c1-5-7-11-19-30-20-15-9-8-14-18-29(43)22-24-32(44)50-25-31-35(47)37(54-33(45)23-21-28-16-12-10-13-17-28)39(55-40(49)26(3)6-2)42(53-31)56-38-36(48)34(46)27(4)51-41(38)52-30/h6,10,12-13,16-17,21,23,27,30-31,34-39,41-42,46-48H,5,7-9,11,14-15,18-20,22,24-25H2,1-4H3/b23-21+,26-6+/t27-,30+,31-,34+,35-,36+,37+,38-,39-,41+,42+/m1/s1. The minimum atomic E-state index is -1.73. The summed E-state index contributed by atoms with van der Waals surface area (Å²) in [5.74, 6) is -2.52. The molecule has 0 amide bonds. The molecule has 3 saturated heterocycles. The molecule has 0 spiro atoms. The van der Waals surface area contributed by atoms with Crippen molar-refractivity contribution in [2.45, 2.75) is 172 Å². The average molecular weight is 789 g/mol. The Hall–Kier alpha value is -3.50. The molecule has 0 aliphatic carbocycles. The topological polar surface area (TPSA) is 194 Å². The van der Waals surface area contributed by atoms with Crippen LogP contribution in [-0.2, 0) is 52.3 Å². The van der Waals surface area contributed by atoms with Crippen LogP contribution in [0.15, 0.2) is 48.1 Å². The van der Waals surface area contributed by atoms with Crippen molar-refractivity contribution in [2.75, 3.05) is 6.61 Å². The predicted octanol–water partition coefficient (Wildman–Crippen LogP) is 4.64. The van der Waals surface area contributed by atoms with Crippen LogP contribution in [0.5, 0.6) is 0 Å². The number of aliphatic hydroxyl groups is 3. The SMILES string of the molecule is C/C=C(\C)C(=O)O[C@H]1[C@@H]2O[C@H]3[C@H](O[C@@H](CCCCC)CCCCCCC(=O)CCC(=O)OC[C@@H](O2)[C@@H](O)[C@@H]1OC(=O)/C=C/c1ccccc1)O[C@H](C)[C@H](O)[C@@H]3O. The highest BCUT2D eigenvalue weighted by Crippen LogP contribution is 2.34. The summed E-state index contributed by atoms with van der Waals surface area (Å²) in [4.78, 5) is 52.0. The molecule has 14 nitrogen and oxygen atoms in total. The molecule has 3 fully saturated rings. The molecule has 11 atom stereocenters. The highest BCUT2D eigenvalue weighted by atomic mass is 16.8. The Balaban J connectivity index is 1.73. The molecular weight excluding hydrogens is 728 g/mol. The van der Waals surface area contributed by atoms with Gasteiger partial charge in [0, 0.05) is 24.5 Å². The number of hydrogen-bond acceptors (Lipinski definition) is 14. The van der Waals surface area contributed by atoms with Crippen LogP contribution in [0.2, 0.25) is 0 Å².